The molecule has 3 N–H and O–H groups in total. The maximum absolute atomic E-state index is 5.22. The van der Waals surface area contributed by atoms with Crippen molar-refractivity contribution in [3.05, 3.63) is 41.4 Å². The predicted octanol–water partition coefficient (Wildman–Crippen LogP) is 1.77. The van der Waals surface area contributed by atoms with Crippen LogP contribution < -0.4 is 11.3 Å². The molecule has 0 saturated heterocycles. The van der Waals surface area contributed by atoms with E-state index in [9.17, 15) is 0 Å². The molecule has 0 bridgehead atoms. The Morgan fingerprint density at radius 3 is 2.79 bits per heavy atom. The number of aromatic nitrogens is 1. The molecule has 0 atom stereocenters. The van der Waals surface area contributed by atoms with E-state index >= 15 is 0 Å². The number of hydrazine groups is 1. The van der Waals surface area contributed by atoms with Gasteiger partial charge in [-0.2, -0.15) is 0 Å². The summed E-state index contributed by atoms with van der Waals surface area (Å²) >= 11 is 1.64. The van der Waals surface area contributed by atoms with Crippen LogP contribution in [-0.2, 0) is 6.54 Å². The Bertz CT molecular complexity index is 397. The van der Waals surface area contributed by atoms with E-state index in [0.29, 0.717) is 6.54 Å². The van der Waals surface area contributed by atoms with E-state index in [1.165, 1.54) is 0 Å². The Labute approximate surface area is 86.6 Å². The van der Waals surface area contributed by atoms with Crippen molar-refractivity contribution in [3.63, 3.8) is 0 Å². The zero-order valence-electron chi connectivity index (χ0n) is 7.60. The Morgan fingerprint density at radius 1 is 1.29 bits per heavy atom. The third-order valence-electron chi connectivity index (χ3n) is 1.86. The molecule has 1 aromatic carbocycles. The van der Waals surface area contributed by atoms with Crippen molar-refractivity contribution in [1.82, 2.24) is 10.4 Å². The van der Waals surface area contributed by atoms with Gasteiger partial charge in [0.25, 0.3) is 0 Å². The lowest BCUT2D eigenvalue weighted by molar-refractivity contribution is 0.727. The van der Waals surface area contributed by atoms with Gasteiger partial charge in [0.05, 0.1) is 12.2 Å². The summed E-state index contributed by atoms with van der Waals surface area (Å²) in [6.07, 6.45) is 0. The van der Waals surface area contributed by atoms with Crippen LogP contribution >= 0.6 is 11.3 Å². The highest BCUT2D eigenvalue weighted by molar-refractivity contribution is 7.13. The Morgan fingerprint density at radius 2 is 2.07 bits per heavy atom. The summed E-state index contributed by atoms with van der Waals surface area (Å²) in [7, 11) is 0. The quantitative estimate of drug-likeness (QED) is 0.593. The zero-order chi connectivity index (χ0) is 9.80. The fourth-order valence-electron chi connectivity index (χ4n) is 1.21. The normalized spacial score (nSPS) is 10.4. The number of nitrogens with one attached hydrogen (secondary N) is 1. The number of benzene rings is 1. The Hall–Kier alpha value is -1.23. The third-order valence-corrected chi connectivity index (χ3v) is 2.80. The van der Waals surface area contributed by atoms with Gasteiger partial charge in [-0.1, -0.05) is 30.3 Å². The van der Waals surface area contributed by atoms with Gasteiger partial charge >= 0.3 is 0 Å². The first-order chi connectivity index (χ1) is 6.90. The monoisotopic (exact) mass is 205 g/mol. The third kappa shape index (κ3) is 1.98. The number of nitrogens with two attached hydrogens (primary N) is 1. The highest BCUT2D eigenvalue weighted by atomic mass is 32.1. The molecule has 1 aromatic heterocycles. The topological polar surface area (TPSA) is 50.9 Å². The molecule has 0 aliphatic rings. The number of hydrogen-bond acceptors (Lipinski definition) is 4. The first-order valence-electron chi connectivity index (χ1n) is 4.33. The Balaban J connectivity index is 2.25. The van der Waals surface area contributed by atoms with Crippen LogP contribution in [0.25, 0.3) is 10.6 Å². The van der Waals surface area contributed by atoms with Crippen LogP contribution in [0, 0.1) is 0 Å². The molecule has 0 unspecified atom stereocenters. The number of rotatable bonds is 3. The zero-order valence-corrected chi connectivity index (χ0v) is 8.42. The molecule has 14 heavy (non-hydrogen) atoms. The smallest absolute Gasteiger partial charge is 0.123 e. The average molecular weight is 205 g/mol. The minimum absolute atomic E-state index is 0.614. The fraction of sp³-hybridized carbons (Fsp3) is 0.100. The highest BCUT2D eigenvalue weighted by Crippen LogP contribution is 2.22. The molecule has 2 rings (SSSR count). The predicted molar refractivity (Wildman–Crippen MR) is 58.6 cm³/mol. The fourth-order valence-corrected chi connectivity index (χ4v) is 2.03. The summed E-state index contributed by atoms with van der Waals surface area (Å²) in [5, 5.41) is 3.05. The van der Waals surface area contributed by atoms with Crippen LogP contribution in [0.5, 0.6) is 0 Å². The molecule has 0 aliphatic carbocycles. The van der Waals surface area contributed by atoms with Crippen LogP contribution in [0.1, 0.15) is 5.69 Å². The van der Waals surface area contributed by atoms with Crippen molar-refractivity contribution in [2.45, 2.75) is 6.54 Å². The van der Waals surface area contributed by atoms with Crippen molar-refractivity contribution in [2.75, 3.05) is 0 Å². The van der Waals surface area contributed by atoms with Crippen LogP contribution in [0.4, 0.5) is 0 Å². The van der Waals surface area contributed by atoms with Crippen molar-refractivity contribution in [2.24, 2.45) is 5.84 Å². The molecule has 0 amide bonds. The van der Waals surface area contributed by atoms with E-state index in [-0.39, 0.29) is 0 Å². The lowest BCUT2D eigenvalue weighted by Gasteiger charge is -1.94. The van der Waals surface area contributed by atoms with Crippen LogP contribution in [0.2, 0.25) is 0 Å². The molecule has 0 fully saturated rings. The van der Waals surface area contributed by atoms with Gasteiger partial charge in [-0.25, -0.2) is 4.98 Å². The molecule has 0 aliphatic heterocycles. The molecule has 0 radical (unpaired) electrons. The maximum Gasteiger partial charge on any atom is 0.123 e. The molecular formula is C10H11N3S. The van der Waals surface area contributed by atoms with E-state index in [1.54, 1.807) is 11.3 Å². The van der Waals surface area contributed by atoms with Gasteiger partial charge in [-0.05, 0) is 0 Å². The number of nitrogens with zero attached hydrogens (tertiary/aromatic N) is 1. The van der Waals surface area contributed by atoms with E-state index < -0.39 is 0 Å². The molecule has 72 valence electrons. The average Bonchev–Trinajstić information content (AvgIpc) is 2.68. The first kappa shape index (κ1) is 9.33. The first-order valence-corrected chi connectivity index (χ1v) is 5.21. The second kappa shape index (κ2) is 4.32. The summed E-state index contributed by atoms with van der Waals surface area (Å²) in [6.45, 7) is 0.614. The molecule has 3 nitrogen and oxygen atoms in total. The molecular weight excluding hydrogens is 194 g/mol. The minimum atomic E-state index is 0.614. The van der Waals surface area contributed by atoms with Gasteiger partial charge in [-0.3, -0.25) is 11.3 Å². The van der Waals surface area contributed by atoms with Crippen molar-refractivity contribution >= 4 is 11.3 Å². The highest BCUT2D eigenvalue weighted by Gasteiger charge is 2.02. The van der Waals surface area contributed by atoms with Crippen LogP contribution in [-0.4, -0.2) is 4.98 Å². The second-order valence-electron chi connectivity index (χ2n) is 2.89. The molecule has 0 saturated carbocycles. The van der Waals surface area contributed by atoms with Gasteiger partial charge in [-0.15, -0.1) is 11.3 Å². The van der Waals surface area contributed by atoms with E-state index in [2.05, 4.69) is 22.5 Å². The van der Waals surface area contributed by atoms with E-state index in [0.717, 1.165) is 16.3 Å². The van der Waals surface area contributed by atoms with E-state index in [1.807, 2.05) is 23.6 Å². The lowest BCUT2D eigenvalue weighted by atomic mass is 10.2. The van der Waals surface area contributed by atoms with Crippen molar-refractivity contribution in [1.29, 1.82) is 0 Å². The lowest BCUT2D eigenvalue weighted by Crippen LogP contribution is -2.20. The number of thiazole rings is 1. The van der Waals surface area contributed by atoms with Gasteiger partial charge < -0.3 is 0 Å². The molecule has 0 spiro atoms. The summed E-state index contributed by atoms with van der Waals surface area (Å²) in [6, 6.07) is 10.1. The van der Waals surface area contributed by atoms with Crippen LogP contribution in [0.15, 0.2) is 35.7 Å². The van der Waals surface area contributed by atoms with Gasteiger partial charge in [0, 0.05) is 10.9 Å². The summed E-state index contributed by atoms with van der Waals surface area (Å²) < 4.78 is 0. The molecule has 4 heteroatoms. The standard InChI is InChI=1S/C10H11N3S/c11-12-6-9-7-14-10(13-9)8-4-2-1-3-5-8/h1-5,7,12H,6,11H2. The summed E-state index contributed by atoms with van der Waals surface area (Å²) in [5.41, 5.74) is 4.73. The molecule has 1 heterocycles. The van der Waals surface area contributed by atoms with Gasteiger partial charge in [0.2, 0.25) is 0 Å². The number of hydrogen-bond donors (Lipinski definition) is 2. The largest absolute Gasteiger partial charge is 0.271 e. The maximum atomic E-state index is 5.22. The van der Waals surface area contributed by atoms with Crippen LogP contribution in [0.3, 0.4) is 0 Å². The van der Waals surface area contributed by atoms with Crippen molar-refractivity contribution < 1.29 is 0 Å². The summed E-state index contributed by atoms with van der Waals surface area (Å²) in [5.74, 6) is 5.22. The van der Waals surface area contributed by atoms with E-state index in [4.69, 9.17) is 5.84 Å². The summed E-state index contributed by atoms with van der Waals surface area (Å²) in [4.78, 5) is 4.45. The second-order valence-corrected chi connectivity index (χ2v) is 3.75. The van der Waals surface area contributed by atoms with Gasteiger partial charge in [0.1, 0.15) is 5.01 Å². The SMILES string of the molecule is NNCc1csc(-c2ccccc2)n1. The minimum Gasteiger partial charge on any atom is -0.271 e. The van der Waals surface area contributed by atoms with Crippen molar-refractivity contribution in [3.8, 4) is 10.6 Å². The van der Waals surface area contributed by atoms with Gasteiger partial charge in [0.15, 0.2) is 0 Å². The Kier molecular flexibility index (Phi) is 2.88. The molecule has 2 aromatic rings.